The van der Waals surface area contributed by atoms with Gasteiger partial charge in [0, 0.05) is 18.1 Å². The topological polar surface area (TPSA) is 77.5 Å². The van der Waals surface area contributed by atoms with Gasteiger partial charge in [-0.2, -0.15) is 0 Å². The highest BCUT2D eigenvalue weighted by Gasteiger charge is 2.39. The molecule has 2 heterocycles. The Labute approximate surface area is 170 Å². The van der Waals surface area contributed by atoms with Gasteiger partial charge < -0.3 is 14.8 Å². The molecule has 0 spiro atoms. The molecule has 1 aromatic carbocycles. The fourth-order valence-corrected chi connectivity index (χ4v) is 3.46. The van der Waals surface area contributed by atoms with Crippen LogP contribution in [0.4, 0.5) is 0 Å². The summed E-state index contributed by atoms with van der Waals surface area (Å²) in [6.45, 7) is 5.79. The minimum atomic E-state index is -0.632. The van der Waals surface area contributed by atoms with Gasteiger partial charge in [0.05, 0.1) is 36.0 Å². The van der Waals surface area contributed by atoms with Crippen LogP contribution in [-0.4, -0.2) is 30.1 Å². The molecule has 0 bridgehead atoms. The number of hydrogen-bond acceptors (Lipinski definition) is 6. The Morgan fingerprint density at radius 2 is 1.52 bits per heavy atom. The third-order valence-electron chi connectivity index (χ3n) is 4.66. The zero-order valence-electron chi connectivity index (χ0n) is 16.8. The maximum absolute atomic E-state index is 13.1. The van der Waals surface area contributed by atoms with Crippen LogP contribution in [0.15, 0.2) is 71.7 Å². The van der Waals surface area contributed by atoms with Gasteiger partial charge in [-0.25, -0.2) is 9.59 Å². The van der Waals surface area contributed by atoms with Crippen molar-refractivity contribution in [1.29, 1.82) is 0 Å². The lowest BCUT2D eigenvalue weighted by molar-refractivity contribution is -0.139. The van der Waals surface area contributed by atoms with E-state index >= 15 is 0 Å². The van der Waals surface area contributed by atoms with E-state index in [2.05, 4.69) is 10.3 Å². The molecule has 3 rings (SSSR count). The summed E-state index contributed by atoms with van der Waals surface area (Å²) in [5.41, 5.74) is 3.62. The van der Waals surface area contributed by atoms with Crippen LogP contribution in [0.1, 0.15) is 37.8 Å². The van der Waals surface area contributed by atoms with Crippen molar-refractivity contribution in [2.45, 2.75) is 26.7 Å². The minimum absolute atomic E-state index is 0.227. The Morgan fingerprint density at radius 1 is 0.931 bits per heavy atom. The number of carbonyl (C=O) groups excluding carboxylic acids is 2. The Morgan fingerprint density at radius 3 is 2.10 bits per heavy atom. The Hall–Kier alpha value is -3.41. The number of hydrogen-bond donors (Lipinski definition) is 1. The van der Waals surface area contributed by atoms with Crippen molar-refractivity contribution in [3.63, 3.8) is 0 Å². The van der Waals surface area contributed by atoms with Crippen molar-refractivity contribution in [3.8, 4) is 0 Å². The average molecular weight is 392 g/mol. The van der Waals surface area contributed by atoms with Gasteiger partial charge in [0.2, 0.25) is 0 Å². The first-order chi connectivity index (χ1) is 14.1. The van der Waals surface area contributed by atoms with Gasteiger partial charge in [-0.15, -0.1) is 0 Å². The molecule has 6 nitrogen and oxygen atoms in total. The summed E-state index contributed by atoms with van der Waals surface area (Å²) < 4.78 is 10.7. The molecule has 1 aromatic heterocycles. The molecule has 0 fully saturated rings. The minimum Gasteiger partial charge on any atom is -0.463 e. The number of nitrogens with zero attached hydrogens (tertiary/aromatic N) is 1. The highest BCUT2D eigenvalue weighted by molar-refractivity contribution is 6.05. The van der Waals surface area contributed by atoms with E-state index in [9.17, 15) is 9.59 Å². The van der Waals surface area contributed by atoms with Crippen LogP contribution < -0.4 is 5.32 Å². The number of benzene rings is 1. The van der Waals surface area contributed by atoms with E-state index < -0.39 is 17.9 Å². The molecule has 1 aliphatic rings. The molecule has 0 amide bonds. The normalized spacial score (nSPS) is 16.3. The first-order valence-corrected chi connectivity index (χ1v) is 9.60. The van der Waals surface area contributed by atoms with Crippen molar-refractivity contribution < 1.29 is 19.1 Å². The van der Waals surface area contributed by atoms with Crippen molar-refractivity contribution in [2.24, 2.45) is 0 Å². The Balaban J connectivity index is 2.27. The second kappa shape index (κ2) is 9.19. The van der Waals surface area contributed by atoms with Crippen molar-refractivity contribution >= 4 is 17.6 Å². The first kappa shape index (κ1) is 20.3. The molecule has 0 radical (unpaired) electrons. The molecule has 29 heavy (non-hydrogen) atoms. The molecule has 0 saturated heterocycles. The van der Waals surface area contributed by atoms with Crippen molar-refractivity contribution in [1.82, 2.24) is 10.3 Å². The first-order valence-electron chi connectivity index (χ1n) is 9.60. The average Bonchev–Trinajstić information content (AvgIpc) is 2.74. The smallest absolute Gasteiger partial charge is 0.337 e. The lowest BCUT2D eigenvalue weighted by Gasteiger charge is -2.31. The predicted octanol–water partition coefficient (Wildman–Crippen LogP) is 3.58. The molecular weight excluding hydrogens is 368 g/mol. The largest absolute Gasteiger partial charge is 0.463 e. The molecule has 0 saturated carbocycles. The highest BCUT2D eigenvalue weighted by Crippen LogP contribution is 2.41. The number of ether oxygens (including phenoxy) is 2. The number of carbonyl (C=O) groups is 2. The molecule has 1 atom stereocenters. The third kappa shape index (κ3) is 4.21. The second-order valence-corrected chi connectivity index (χ2v) is 6.47. The lowest BCUT2D eigenvalue weighted by atomic mass is 9.79. The standard InChI is InChI=1S/C23H24N2O4/c1-4-28-22(26)18-15(3)25-21(17-9-7-6-8-10-17)20(23(27)29-5-2)19(18)16-11-13-24-14-12-16/h6-14,19,25H,4-5H2,1-3H3/t19-/m1/s1. The van der Waals surface area contributed by atoms with Crippen LogP contribution in [0.3, 0.4) is 0 Å². The van der Waals surface area contributed by atoms with Gasteiger partial charge in [0.1, 0.15) is 0 Å². The number of aromatic nitrogens is 1. The maximum Gasteiger partial charge on any atom is 0.337 e. The van der Waals surface area contributed by atoms with Gasteiger partial charge in [-0.3, -0.25) is 4.98 Å². The summed E-state index contributed by atoms with van der Waals surface area (Å²) in [5, 5.41) is 3.25. The van der Waals surface area contributed by atoms with Crippen LogP contribution in [0.5, 0.6) is 0 Å². The third-order valence-corrected chi connectivity index (χ3v) is 4.66. The number of esters is 2. The van der Waals surface area contributed by atoms with E-state index in [-0.39, 0.29) is 13.2 Å². The molecule has 2 aromatic rings. The maximum atomic E-state index is 13.1. The number of pyridine rings is 1. The molecule has 1 N–H and O–H groups in total. The monoisotopic (exact) mass is 392 g/mol. The summed E-state index contributed by atoms with van der Waals surface area (Å²) in [6, 6.07) is 13.1. The SMILES string of the molecule is CCOC(=O)C1=C(C)NC(c2ccccc2)=C(C(=O)OCC)[C@@H]1c1ccncc1. The summed E-state index contributed by atoms with van der Waals surface area (Å²) in [5.74, 6) is -1.57. The van der Waals surface area contributed by atoms with E-state index in [0.29, 0.717) is 22.5 Å². The van der Waals surface area contributed by atoms with E-state index in [1.54, 1.807) is 38.4 Å². The van der Waals surface area contributed by atoms with Crippen LogP contribution in [-0.2, 0) is 19.1 Å². The summed E-state index contributed by atoms with van der Waals surface area (Å²) in [4.78, 5) is 30.0. The van der Waals surface area contributed by atoms with Crippen molar-refractivity contribution in [2.75, 3.05) is 13.2 Å². The molecule has 0 unspecified atom stereocenters. The predicted molar refractivity (Wildman–Crippen MR) is 109 cm³/mol. The zero-order chi connectivity index (χ0) is 20.8. The van der Waals surface area contributed by atoms with E-state index in [4.69, 9.17) is 9.47 Å². The summed E-state index contributed by atoms with van der Waals surface area (Å²) >= 11 is 0. The lowest BCUT2D eigenvalue weighted by Crippen LogP contribution is -2.32. The molecular formula is C23H24N2O4. The number of rotatable bonds is 6. The fraction of sp³-hybridized carbons (Fsp3) is 0.261. The van der Waals surface area contributed by atoms with Gasteiger partial charge in [-0.05, 0) is 44.0 Å². The van der Waals surface area contributed by atoms with Gasteiger partial charge in [0.25, 0.3) is 0 Å². The molecule has 0 aliphatic carbocycles. The Kier molecular flexibility index (Phi) is 6.44. The van der Waals surface area contributed by atoms with Gasteiger partial charge >= 0.3 is 11.9 Å². The van der Waals surface area contributed by atoms with Crippen LogP contribution in [0.2, 0.25) is 0 Å². The Bertz CT molecular complexity index is 949. The van der Waals surface area contributed by atoms with Gasteiger partial charge in [0.15, 0.2) is 0 Å². The molecule has 1 aliphatic heterocycles. The number of dihydropyridines is 1. The zero-order valence-corrected chi connectivity index (χ0v) is 16.8. The molecule has 6 heteroatoms. The van der Waals surface area contributed by atoms with E-state index in [1.165, 1.54) is 0 Å². The number of allylic oxidation sites excluding steroid dienone is 1. The highest BCUT2D eigenvalue weighted by atomic mass is 16.5. The van der Waals surface area contributed by atoms with Crippen LogP contribution >= 0.6 is 0 Å². The van der Waals surface area contributed by atoms with Crippen LogP contribution in [0.25, 0.3) is 5.70 Å². The van der Waals surface area contributed by atoms with E-state index in [1.807, 2.05) is 37.3 Å². The second-order valence-electron chi connectivity index (χ2n) is 6.47. The molecule has 150 valence electrons. The van der Waals surface area contributed by atoms with E-state index in [0.717, 1.165) is 11.1 Å². The number of nitrogens with one attached hydrogen (secondary N) is 1. The van der Waals surface area contributed by atoms with Crippen molar-refractivity contribution in [3.05, 3.63) is 82.8 Å². The van der Waals surface area contributed by atoms with Crippen LogP contribution in [0, 0.1) is 0 Å². The summed E-state index contributed by atoms with van der Waals surface area (Å²) in [6.07, 6.45) is 3.28. The fourth-order valence-electron chi connectivity index (χ4n) is 3.46. The van der Waals surface area contributed by atoms with Gasteiger partial charge in [-0.1, -0.05) is 30.3 Å². The quantitative estimate of drug-likeness (QED) is 0.757. The summed E-state index contributed by atoms with van der Waals surface area (Å²) in [7, 11) is 0.